The zero-order valence-electron chi connectivity index (χ0n) is 14.2. The third kappa shape index (κ3) is 3.21. The lowest BCUT2D eigenvalue weighted by atomic mass is 10.1. The average Bonchev–Trinajstić information content (AvgIpc) is 3.29. The van der Waals surface area contributed by atoms with Crippen LogP contribution in [0.4, 0.5) is 11.5 Å². The standard InChI is InChI=1S/C19H19N5S/c1-23(2)15-7-5-14(6-8-15)17-13-21-19-10-9-18(22-24(17)19)20-12-16-4-3-11-25-16/h3-11,13H,12H2,1-2H3,(H,20,22). The minimum Gasteiger partial charge on any atom is -0.378 e. The minimum atomic E-state index is 0.776. The lowest BCUT2D eigenvalue weighted by molar-refractivity contribution is 0.933. The van der Waals surface area contributed by atoms with Crippen molar-refractivity contribution in [2.24, 2.45) is 0 Å². The molecule has 0 amide bonds. The summed E-state index contributed by atoms with van der Waals surface area (Å²) in [6.45, 7) is 0.776. The van der Waals surface area contributed by atoms with E-state index in [-0.39, 0.29) is 0 Å². The lowest BCUT2D eigenvalue weighted by Gasteiger charge is -2.12. The molecule has 6 heteroatoms. The molecule has 0 aliphatic heterocycles. The summed E-state index contributed by atoms with van der Waals surface area (Å²) in [6, 6.07) is 16.5. The van der Waals surface area contributed by atoms with E-state index in [0.717, 1.165) is 29.3 Å². The van der Waals surface area contributed by atoms with Gasteiger partial charge in [0, 0.05) is 30.2 Å². The fraction of sp³-hybridized carbons (Fsp3) is 0.158. The molecule has 3 aromatic heterocycles. The number of fused-ring (bicyclic) bond motifs is 1. The Morgan fingerprint density at radius 2 is 1.92 bits per heavy atom. The van der Waals surface area contributed by atoms with E-state index in [2.05, 4.69) is 57.0 Å². The summed E-state index contributed by atoms with van der Waals surface area (Å²) in [4.78, 5) is 7.84. The summed E-state index contributed by atoms with van der Waals surface area (Å²) < 4.78 is 1.89. The van der Waals surface area contributed by atoms with E-state index in [0.29, 0.717) is 0 Å². The van der Waals surface area contributed by atoms with Crippen LogP contribution in [0.1, 0.15) is 4.88 Å². The van der Waals surface area contributed by atoms with Gasteiger partial charge in [-0.25, -0.2) is 9.50 Å². The fourth-order valence-corrected chi connectivity index (χ4v) is 3.33. The number of rotatable bonds is 5. The van der Waals surface area contributed by atoms with Crippen LogP contribution in [0.15, 0.2) is 60.1 Å². The van der Waals surface area contributed by atoms with Gasteiger partial charge in [-0.15, -0.1) is 16.4 Å². The van der Waals surface area contributed by atoms with Gasteiger partial charge in [0.25, 0.3) is 0 Å². The Morgan fingerprint density at radius 3 is 2.64 bits per heavy atom. The maximum absolute atomic E-state index is 4.71. The highest BCUT2D eigenvalue weighted by Crippen LogP contribution is 2.23. The van der Waals surface area contributed by atoms with Gasteiger partial charge in [-0.2, -0.15) is 0 Å². The molecule has 4 aromatic rings. The molecular weight excluding hydrogens is 330 g/mol. The highest BCUT2D eigenvalue weighted by molar-refractivity contribution is 7.09. The highest BCUT2D eigenvalue weighted by atomic mass is 32.1. The molecule has 0 unspecified atom stereocenters. The fourth-order valence-electron chi connectivity index (χ4n) is 2.69. The molecule has 1 aromatic carbocycles. The number of nitrogens with zero attached hydrogens (tertiary/aromatic N) is 4. The molecule has 0 saturated carbocycles. The summed E-state index contributed by atoms with van der Waals surface area (Å²) >= 11 is 1.74. The normalized spacial score (nSPS) is 11.0. The van der Waals surface area contributed by atoms with Gasteiger partial charge < -0.3 is 10.2 Å². The van der Waals surface area contributed by atoms with E-state index in [1.165, 1.54) is 10.6 Å². The minimum absolute atomic E-state index is 0.776. The van der Waals surface area contributed by atoms with Crippen molar-refractivity contribution in [1.82, 2.24) is 14.6 Å². The summed E-state index contributed by atoms with van der Waals surface area (Å²) in [5.74, 6) is 0.838. The van der Waals surface area contributed by atoms with Gasteiger partial charge in [0.2, 0.25) is 0 Å². The molecule has 4 rings (SSSR count). The van der Waals surface area contributed by atoms with Crippen LogP contribution in [-0.2, 0) is 6.54 Å². The van der Waals surface area contributed by atoms with E-state index >= 15 is 0 Å². The van der Waals surface area contributed by atoms with Crippen molar-refractivity contribution in [3.63, 3.8) is 0 Å². The predicted molar refractivity (Wildman–Crippen MR) is 104 cm³/mol. The number of hydrogen-bond donors (Lipinski definition) is 1. The Bertz CT molecular complexity index is 971. The van der Waals surface area contributed by atoms with Gasteiger partial charge in [-0.05, 0) is 35.7 Å². The van der Waals surface area contributed by atoms with Gasteiger partial charge >= 0.3 is 0 Å². The van der Waals surface area contributed by atoms with Crippen molar-refractivity contribution in [2.45, 2.75) is 6.54 Å². The van der Waals surface area contributed by atoms with Crippen molar-refractivity contribution in [3.05, 3.63) is 65.0 Å². The van der Waals surface area contributed by atoms with Gasteiger partial charge in [0.1, 0.15) is 5.82 Å². The summed E-state index contributed by atoms with van der Waals surface area (Å²) in [6.07, 6.45) is 1.87. The maximum Gasteiger partial charge on any atom is 0.154 e. The molecule has 1 N–H and O–H groups in total. The van der Waals surface area contributed by atoms with Crippen molar-refractivity contribution in [1.29, 1.82) is 0 Å². The summed E-state index contributed by atoms with van der Waals surface area (Å²) in [5.41, 5.74) is 4.10. The number of thiophene rings is 1. The molecule has 0 atom stereocenters. The molecule has 3 heterocycles. The molecular formula is C19H19N5S. The number of benzene rings is 1. The molecule has 0 saturated heterocycles. The first-order valence-electron chi connectivity index (χ1n) is 8.09. The Balaban J connectivity index is 1.64. The van der Waals surface area contributed by atoms with Crippen molar-refractivity contribution >= 4 is 28.5 Å². The zero-order valence-corrected chi connectivity index (χ0v) is 15.0. The SMILES string of the molecule is CN(C)c1ccc(-c2cnc3ccc(NCc4cccs4)nn23)cc1. The number of hydrogen-bond acceptors (Lipinski definition) is 5. The molecule has 0 spiro atoms. The number of nitrogens with one attached hydrogen (secondary N) is 1. The van der Waals surface area contributed by atoms with E-state index in [4.69, 9.17) is 5.10 Å². The maximum atomic E-state index is 4.71. The van der Waals surface area contributed by atoms with E-state index in [9.17, 15) is 0 Å². The molecule has 0 fully saturated rings. The van der Waals surface area contributed by atoms with Crippen molar-refractivity contribution < 1.29 is 0 Å². The number of imidazole rings is 1. The van der Waals surface area contributed by atoms with E-state index < -0.39 is 0 Å². The van der Waals surface area contributed by atoms with Crippen LogP contribution in [0.2, 0.25) is 0 Å². The van der Waals surface area contributed by atoms with E-state index in [1.807, 2.05) is 36.9 Å². The van der Waals surface area contributed by atoms with Crippen LogP contribution in [0, 0.1) is 0 Å². The molecule has 0 radical (unpaired) electrons. The molecule has 5 nitrogen and oxygen atoms in total. The molecule has 126 valence electrons. The quantitative estimate of drug-likeness (QED) is 0.588. The second-order valence-corrected chi connectivity index (χ2v) is 7.04. The van der Waals surface area contributed by atoms with Crippen LogP contribution >= 0.6 is 11.3 Å². The molecule has 0 aliphatic rings. The second kappa shape index (κ2) is 6.57. The first-order valence-corrected chi connectivity index (χ1v) is 8.97. The highest BCUT2D eigenvalue weighted by Gasteiger charge is 2.08. The topological polar surface area (TPSA) is 45.5 Å². The molecule has 0 aliphatic carbocycles. The predicted octanol–water partition coefficient (Wildman–Crippen LogP) is 4.14. The first-order chi connectivity index (χ1) is 12.2. The summed E-state index contributed by atoms with van der Waals surface area (Å²) in [7, 11) is 4.08. The van der Waals surface area contributed by atoms with Gasteiger partial charge in [-0.3, -0.25) is 0 Å². The first kappa shape index (κ1) is 15.7. The molecule has 0 bridgehead atoms. The number of aromatic nitrogens is 3. The van der Waals surface area contributed by atoms with Gasteiger partial charge in [-0.1, -0.05) is 18.2 Å². The Morgan fingerprint density at radius 1 is 1.08 bits per heavy atom. The Kier molecular flexibility index (Phi) is 4.11. The lowest BCUT2D eigenvalue weighted by Crippen LogP contribution is -2.08. The van der Waals surface area contributed by atoms with Crippen LogP contribution in [-0.4, -0.2) is 28.7 Å². The van der Waals surface area contributed by atoms with Crippen LogP contribution in [0.25, 0.3) is 16.9 Å². The van der Waals surface area contributed by atoms with Gasteiger partial charge in [0.05, 0.1) is 18.4 Å². The van der Waals surface area contributed by atoms with Crippen molar-refractivity contribution in [3.8, 4) is 11.3 Å². The largest absolute Gasteiger partial charge is 0.378 e. The summed E-state index contributed by atoms with van der Waals surface area (Å²) in [5, 5.41) is 10.2. The third-order valence-corrected chi connectivity index (χ3v) is 4.94. The zero-order chi connectivity index (χ0) is 17.2. The van der Waals surface area contributed by atoms with Crippen molar-refractivity contribution in [2.75, 3.05) is 24.3 Å². The van der Waals surface area contributed by atoms with Crippen LogP contribution in [0.5, 0.6) is 0 Å². The monoisotopic (exact) mass is 349 g/mol. The van der Waals surface area contributed by atoms with Crippen LogP contribution in [0.3, 0.4) is 0 Å². The van der Waals surface area contributed by atoms with Gasteiger partial charge in [0.15, 0.2) is 5.65 Å². The smallest absolute Gasteiger partial charge is 0.154 e. The number of anilines is 2. The Hall–Kier alpha value is -2.86. The van der Waals surface area contributed by atoms with Crippen LogP contribution < -0.4 is 10.2 Å². The third-order valence-electron chi connectivity index (χ3n) is 4.07. The average molecular weight is 349 g/mol. The second-order valence-electron chi connectivity index (χ2n) is 6.01. The Labute approximate surface area is 150 Å². The van der Waals surface area contributed by atoms with E-state index in [1.54, 1.807) is 11.3 Å². The molecule has 25 heavy (non-hydrogen) atoms.